The van der Waals surface area contributed by atoms with Crippen LogP contribution in [0.4, 0.5) is 5.69 Å². The molecule has 0 aliphatic heterocycles. The molecular weight excluding hydrogens is 344 g/mol. The van der Waals surface area contributed by atoms with Crippen LogP contribution in [0.25, 0.3) is 0 Å². The van der Waals surface area contributed by atoms with Crippen molar-refractivity contribution in [2.45, 2.75) is 18.3 Å². The highest BCUT2D eigenvalue weighted by atomic mass is 16.5. The number of benzene rings is 2. The Morgan fingerprint density at radius 3 is 2.44 bits per heavy atom. The molecule has 2 aromatic carbocycles. The van der Waals surface area contributed by atoms with Gasteiger partial charge in [-0.15, -0.1) is 0 Å². The minimum atomic E-state index is -0.574. The lowest BCUT2D eigenvalue weighted by atomic mass is 9.96. The summed E-state index contributed by atoms with van der Waals surface area (Å²) in [7, 11) is 0. The Balaban J connectivity index is 1.49. The molecule has 2 aromatic rings. The van der Waals surface area contributed by atoms with E-state index in [2.05, 4.69) is 22.8 Å². The van der Waals surface area contributed by atoms with Gasteiger partial charge >= 0.3 is 5.97 Å². The number of hydrogen-bond donors (Lipinski definition) is 3. The van der Waals surface area contributed by atoms with Crippen molar-refractivity contribution >= 4 is 17.6 Å². The van der Waals surface area contributed by atoms with Crippen LogP contribution >= 0.6 is 0 Å². The molecule has 0 saturated heterocycles. The van der Waals surface area contributed by atoms with Gasteiger partial charge in [0.25, 0.3) is 5.91 Å². The number of ether oxygens (including phenoxy) is 1. The van der Waals surface area contributed by atoms with E-state index < -0.39 is 5.97 Å². The SMILES string of the molecule is O=C(COC(=O)c1ccccc1NCCO)NCC1(c2ccccc2)CC1. The summed E-state index contributed by atoms with van der Waals surface area (Å²) in [4.78, 5) is 24.4. The first-order valence-corrected chi connectivity index (χ1v) is 9.08. The molecule has 0 unspecified atom stereocenters. The summed E-state index contributed by atoms with van der Waals surface area (Å²) in [5.41, 5.74) is 2.15. The number of amides is 1. The van der Waals surface area contributed by atoms with Gasteiger partial charge in [-0.1, -0.05) is 42.5 Å². The largest absolute Gasteiger partial charge is 0.452 e. The minimum Gasteiger partial charge on any atom is -0.452 e. The van der Waals surface area contributed by atoms with E-state index in [1.807, 2.05) is 18.2 Å². The second-order valence-electron chi connectivity index (χ2n) is 6.70. The van der Waals surface area contributed by atoms with E-state index in [-0.39, 0.29) is 24.5 Å². The third-order valence-electron chi connectivity index (χ3n) is 4.77. The highest BCUT2D eigenvalue weighted by Crippen LogP contribution is 2.47. The van der Waals surface area contributed by atoms with Crippen molar-refractivity contribution in [3.63, 3.8) is 0 Å². The highest BCUT2D eigenvalue weighted by Gasteiger charge is 2.44. The van der Waals surface area contributed by atoms with Crippen LogP contribution in [0.1, 0.15) is 28.8 Å². The summed E-state index contributed by atoms with van der Waals surface area (Å²) >= 11 is 0. The normalized spacial score (nSPS) is 14.3. The van der Waals surface area contributed by atoms with Gasteiger partial charge in [-0.3, -0.25) is 4.79 Å². The van der Waals surface area contributed by atoms with Crippen LogP contribution in [0.3, 0.4) is 0 Å². The molecule has 1 amide bonds. The van der Waals surface area contributed by atoms with E-state index in [9.17, 15) is 9.59 Å². The number of para-hydroxylation sites is 1. The van der Waals surface area contributed by atoms with Crippen molar-refractivity contribution in [1.82, 2.24) is 5.32 Å². The molecule has 0 heterocycles. The Hall–Kier alpha value is -2.86. The van der Waals surface area contributed by atoms with Gasteiger partial charge in [-0.05, 0) is 30.5 Å². The van der Waals surface area contributed by atoms with Gasteiger partial charge in [-0.25, -0.2) is 4.79 Å². The molecule has 1 aliphatic rings. The van der Waals surface area contributed by atoms with Crippen LogP contribution in [0.15, 0.2) is 54.6 Å². The predicted molar refractivity (Wildman–Crippen MR) is 103 cm³/mol. The summed E-state index contributed by atoms with van der Waals surface area (Å²) in [5, 5.41) is 14.7. The fourth-order valence-electron chi connectivity index (χ4n) is 3.04. The van der Waals surface area contributed by atoms with Gasteiger partial charge < -0.3 is 20.5 Å². The number of rotatable bonds is 9. The summed E-state index contributed by atoms with van der Waals surface area (Å²) < 4.78 is 5.15. The molecule has 6 heteroatoms. The van der Waals surface area contributed by atoms with Crippen LogP contribution in [0.2, 0.25) is 0 Å². The molecule has 1 saturated carbocycles. The van der Waals surface area contributed by atoms with Crippen LogP contribution in [-0.4, -0.2) is 43.3 Å². The Labute approximate surface area is 158 Å². The molecule has 27 heavy (non-hydrogen) atoms. The molecular formula is C21H24N2O4. The standard InChI is InChI=1S/C21H24N2O4/c24-13-12-22-18-9-5-4-8-17(18)20(26)27-14-19(25)23-15-21(10-11-21)16-6-2-1-3-7-16/h1-9,22,24H,10-15H2,(H,23,25). The second kappa shape index (κ2) is 8.68. The lowest BCUT2D eigenvalue weighted by Crippen LogP contribution is -2.35. The van der Waals surface area contributed by atoms with Crippen molar-refractivity contribution in [1.29, 1.82) is 0 Å². The number of hydrogen-bond acceptors (Lipinski definition) is 5. The first-order chi connectivity index (χ1) is 13.1. The third kappa shape index (κ3) is 4.86. The van der Waals surface area contributed by atoms with Crippen LogP contribution < -0.4 is 10.6 Å². The number of esters is 1. The maximum Gasteiger partial charge on any atom is 0.340 e. The Morgan fingerprint density at radius 2 is 1.74 bits per heavy atom. The van der Waals surface area contributed by atoms with E-state index in [4.69, 9.17) is 9.84 Å². The molecule has 0 bridgehead atoms. The van der Waals surface area contributed by atoms with Crippen molar-refractivity contribution < 1.29 is 19.4 Å². The fourth-order valence-corrected chi connectivity index (χ4v) is 3.04. The summed E-state index contributed by atoms with van der Waals surface area (Å²) in [6.07, 6.45) is 2.09. The van der Waals surface area contributed by atoms with Crippen molar-refractivity contribution in [3.8, 4) is 0 Å². The van der Waals surface area contributed by atoms with E-state index in [0.29, 0.717) is 24.3 Å². The summed E-state index contributed by atoms with van der Waals surface area (Å²) in [6, 6.07) is 17.0. The van der Waals surface area contributed by atoms with Gasteiger partial charge in [-0.2, -0.15) is 0 Å². The Bertz CT molecular complexity index is 788. The molecule has 142 valence electrons. The Morgan fingerprint density at radius 1 is 1.04 bits per heavy atom. The van der Waals surface area contributed by atoms with Gasteiger partial charge in [0.05, 0.1) is 12.2 Å². The molecule has 1 fully saturated rings. The van der Waals surface area contributed by atoms with Gasteiger partial charge in [0.15, 0.2) is 6.61 Å². The minimum absolute atomic E-state index is 0.0156. The fraction of sp³-hybridized carbons (Fsp3) is 0.333. The molecule has 1 aliphatic carbocycles. The molecule has 0 aromatic heterocycles. The molecule has 3 N–H and O–H groups in total. The monoisotopic (exact) mass is 368 g/mol. The second-order valence-corrected chi connectivity index (χ2v) is 6.70. The van der Waals surface area contributed by atoms with Crippen molar-refractivity contribution in [3.05, 3.63) is 65.7 Å². The maximum absolute atomic E-state index is 12.3. The Kier molecular flexibility index (Phi) is 6.08. The number of nitrogens with one attached hydrogen (secondary N) is 2. The van der Waals surface area contributed by atoms with E-state index in [1.165, 1.54) is 5.56 Å². The zero-order chi connectivity index (χ0) is 19.1. The lowest BCUT2D eigenvalue weighted by Gasteiger charge is -2.16. The number of aliphatic hydroxyl groups excluding tert-OH is 1. The molecule has 3 rings (SSSR count). The van der Waals surface area contributed by atoms with Gasteiger partial charge in [0, 0.05) is 24.2 Å². The zero-order valence-corrected chi connectivity index (χ0v) is 15.1. The van der Waals surface area contributed by atoms with E-state index >= 15 is 0 Å². The van der Waals surface area contributed by atoms with Crippen LogP contribution in [-0.2, 0) is 14.9 Å². The summed E-state index contributed by atoms with van der Waals surface area (Å²) in [6.45, 7) is 0.501. The van der Waals surface area contributed by atoms with Gasteiger partial charge in [0.2, 0.25) is 0 Å². The van der Waals surface area contributed by atoms with Crippen molar-refractivity contribution in [2.24, 2.45) is 0 Å². The number of carbonyl (C=O) groups excluding carboxylic acids is 2. The maximum atomic E-state index is 12.3. The quantitative estimate of drug-likeness (QED) is 0.590. The highest BCUT2D eigenvalue weighted by molar-refractivity contribution is 5.96. The predicted octanol–water partition coefficient (Wildman–Crippen LogP) is 2.10. The van der Waals surface area contributed by atoms with Crippen molar-refractivity contribution in [2.75, 3.05) is 31.6 Å². The smallest absolute Gasteiger partial charge is 0.340 e. The first kappa shape index (κ1) is 18.9. The van der Waals surface area contributed by atoms with Gasteiger partial charge in [0.1, 0.15) is 0 Å². The third-order valence-corrected chi connectivity index (χ3v) is 4.77. The molecule has 0 atom stereocenters. The molecule has 0 spiro atoms. The van der Waals surface area contributed by atoms with Crippen LogP contribution in [0.5, 0.6) is 0 Å². The first-order valence-electron chi connectivity index (χ1n) is 9.08. The topological polar surface area (TPSA) is 87.7 Å². The number of carbonyl (C=O) groups is 2. The molecule has 0 radical (unpaired) electrons. The van der Waals surface area contributed by atoms with E-state index in [1.54, 1.807) is 24.3 Å². The zero-order valence-electron chi connectivity index (χ0n) is 15.1. The average molecular weight is 368 g/mol. The average Bonchev–Trinajstić information content (AvgIpc) is 3.51. The lowest BCUT2D eigenvalue weighted by molar-refractivity contribution is -0.124. The summed E-state index contributed by atoms with van der Waals surface area (Å²) in [5.74, 6) is -0.887. The number of aliphatic hydroxyl groups is 1. The molecule has 6 nitrogen and oxygen atoms in total. The number of anilines is 1. The van der Waals surface area contributed by atoms with E-state index in [0.717, 1.165) is 12.8 Å². The van der Waals surface area contributed by atoms with Crippen LogP contribution in [0, 0.1) is 0 Å².